The summed E-state index contributed by atoms with van der Waals surface area (Å²) >= 11 is 0. The van der Waals surface area contributed by atoms with E-state index < -0.39 is 16.1 Å². The fraction of sp³-hybridized carbons (Fsp3) is 0.250. The fourth-order valence-electron chi connectivity index (χ4n) is 3.87. The summed E-state index contributed by atoms with van der Waals surface area (Å²) in [6, 6.07) is 8.15. The number of carbonyl (C=O) groups is 1. The Morgan fingerprint density at radius 3 is 2.93 bits per heavy atom. The number of amides is 2. The molecule has 0 atom stereocenters. The summed E-state index contributed by atoms with van der Waals surface area (Å²) in [5, 5.41) is 6.57. The molecular formula is C20H19N5O4S. The molecule has 5 rings (SSSR count). The SMILES string of the molecule is O=C1Nc2c(ccc3c2CCC3)-c2ccnc(c2)OCCn2ccc(n2)S(=O)(=O)N1. The minimum atomic E-state index is -4.11. The van der Waals surface area contributed by atoms with Crippen molar-refractivity contribution in [3.8, 4) is 17.0 Å². The predicted octanol–water partition coefficient (Wildman–Crippen LogP) is 2.34. The van der Waals surface area contributed by atoms with E-state index in [1.807, 2.05) is 18.2 Å². The third-order valence-electron chi connectivity index (χ3n) is 5.26. The molecule has 1 aliphatic carbocycles. The Labute approximate surface area is 173 Å². The van der Waals surface area contributed by atoms with Gasteiger partial charge in [-0.25, -0.2) is 14.5 Å². The number of ether oxygens (including phenoxy) is 1. The second kappa shape index (κ2) is 7.13. The van der Waals surface area contributed by atoms with Gasteiger partial charge in [0.15, 0.2) is 5.03 Å². The molecule has 4 bridgehead atoms. The van der Waals surface area contributed by atoms with Crippen molar-refractivity contribution in [2.24, 2.45) is 0 Å². The molecule has 0 saturated carbocycles. The van der Waals surface area contributed by atoms with Crippen molar-refractivity contribution in [2.45, 2.75) is 30.8 Å². The predicted molar refractivity (Wildman–Crippen MR) is 109 cm³/mol. The molecule has 0 radical (unpaired) electrons. The monoisotopic (exact) mass is 425 g/mol. The zero-order valence-corrected chi connectivity index (χ0v) is 16.8. The molecule has 2 amide bonds. The van der Waals surface area contributed by atoms with Gasteiger partial charge in [0.1, 0.15) is 6.61 Å². The lowest BCUT2D eigenvalue weighted by molar-refractivity contribution is 0.256. The van der Waals surface area contributed by atoms with E-state index in [0.717, 1.165) is 41.5 Å². The van der Waals surface area contributed by atoms with Crippen molar-refractivity contribution < 1.29 is 17.9 Å². The Balaban J connectivity index is 1.63. The third kappa shape index (κ3) is 3.39. The van der Waals surface area contributed by atoms with Crippen LogP contribution in [0.5, 0.6) is 5.88 Å². The van der Waals surface area contributed by atoms with Crippen LogP contribution in [0.1, 0.15) is 17.5 Å². The van der Waals surface area contributed by atoms with Crippen molar-refractivity contribution in [1.82, 2.24) is 19.5 Å². The van der Waals surface area contributed by atoms with Gasteiger partial charge in [-0.2, -0.15) is 13.5 Å². The lowest BCUT2D eigenvalue weighted by Gasteiger charge is -2.17. The number of rotatable bonds is 0. The van der Waals surface area contributed by atoms with E-state index in [-0.39, 0.29) is 11.6 Å². The van der Waals surface area contributed by atoms with E-state index in [9.17, 15) is 13.2 Å². The minimum absolute atomic E-state index is 0.232. The Morgan fingerprint density at radius 2 is 2.03 bits per heavy atom. The Kier molecular flexibility index (Phi) is 4.43. The number of hydrogen-bond acceptors (Lipinski definition) is 6. The average molecular weight is 425 g/mol. The third-order valence-corrected chi connectivity index (χ3v) is 6.48. The van der Waals surface area contributed by atoms with Crippen molar-refractivity contribution in [1.29, 1.82) is 0 Å². The summed E-state index contributed by atoms with van der Waals surface area (Å²) in [6.07, 6.45) is 5.89. The van der Waals surface area contributed by atoms with Gasteiger partial charge in [-0.3, -0.25) is 4.68 Å². The molecule has 9 nitrogen and oxygen atoms in total. The number of pyridine rings is 1. The van der Waals surface area contributed by atoms with Crippen molar-refractivity contribution in [3.05, 3.63) is 53.9 Å². The minimum Gasteiger partial charge on any atom is -0.476 e. The van der Waals surface area contributed by atoms with Gasteiger partial charge in [0.05, 0.1) is 12.2 Å². The smallest absolute Gasteiger partial charge is 0.333 e. The number of urea groups is 1. The molecule has 30 heavy (non-hydrogen) atoms. The highest BCUT2D eigenvalue weighted by Crippen LogP contribution is 2.38. The van der Waals surface area contributed by atoms with E-state index in [1.54, 1.807) is 6.20 Å². The highest BCUT2D eigenvalue weighted by Gasteiger charge is 2.24. The summed E-state index contributed by atoms with van der Waals surface area (Å²) in [6.45, 7) is 0.594. The van der Waals surface area contributed by atoms with Crippen LogP contribution in [-0.2, 0) is 29.4 Å². The van der Waals surface area contributed by atoms with Crippen LogP contribution in [0.15, 0.2) is 47.8 Å². The molecule has 154 valence electrons. The number of sulfonamides is 1. The number of fused-ring (bicyclic) bond motifs is 8. The number of carbonyl (C=O) groups excluding carboxylic acids is 1. The number of nitrogens with zero attached hydrogens (tertiary/aromatic N) is 3. The molecule has 1 aliphatic heterocycles. The standard InChI is InChI=1S/C20H19N5O4S/c26-20-22-19-15-3-1-2-13(15)4-5-16(19)14-6-8-21-17(12-14)29-11-10-25-9-7-18(23-25)30(27,28)24-20/h4-9,12H,1-3,10-11H2,(H2,22,24,26). The Hall–Kier alpha value is -3.40. The van der Waals surface area contributed by atoms with Crippen LogP contribution < -0.4 is 14.8 Å². The summed E-state index contributed by atoms with van der Waals surface area (Å²) < 4.78 is 34.4. The first-order valence-electron chi connectivity index (χ1n) is 9.61. The summed E-state index contributed by atoms with van der Waals surface area (Å²) in [4.78, 5) is 16.9. The van der Waals surface area contributed by atoms with Crippen molar-refractivity contribution >= 4 is 21.7 Å². The van der Waals surface area contributed by atoms with Crippen LogP contribution in [0, 0.1) is 0 Å². The number of nitrogens with one attached hydrogen (secondary N) is 2. The van der Waals surface area contributed by atoms with Gasteiger partial charge >= 0.3 is 6.03 Å². The largest absolute Gasteiger partial charge is 0.476 e. The number of benzene rings is 1. The van der Waals surface area contributed by atoms with Crippen LogP contribution >= 0.6 is 0 Å². The quantitative estimate of drug-likeness (QED) is 0.571. The maximum atomic E-state index is 12.7. The lowest BCUT2D eigenvalue weighted by atomic mass is 9.98. The lowest BCUT2D eigenvalue weighted by Crippen LogP contribution is -2.35. The van der Waals surface area contributed by atoms with E-state index in [4.69, 9.17) is 4.74 Å². The van der Waals surface area contributed by atoms with Crippen molar-refractivity contribution in [3.63, 3.8) is 0 Å². The number of anilines is 1. The van der Waals surface area contributed by atoms with Gasteiger partial charge in [0, 0.05) is 24.0 Å². The van der Waals surface area contributed by atoms with Gasteiger partial charge < -0.3 is 10.1 Å². The first-order valence-corrected chi connectivity index (χ1v) is 11.1. The highest BCUT2D eigenvalue weighted by atomic mass is 32.2. The van der Waals surface area contributed by atoms with Crippen molar-refractivity contribution in [2.75, 3.05) is 11.9 Å². The molecule has 0 unspecified atom stereocenters. The van der Waals surface area contributed by atoms with Gasteiger partial charge in [-0.1, -0.05) is 12.1 Å². The number of aryl methyl sites for hydroxylation is 1. The summed E-state index contributed by atoms with van der Waals surface area (Å²) in [5.74, 6) is 0.443. The molecule has 0 saturated heterocycles. The van der Waals surface area contributed by atoms with Crippen LogP contribution in [0.4, 0.5) is 10.5 Å². The molecule has 10 heteroatoms. The van der Waals surface area contributed by atoms with Crippen LogP contribution in [0.3, 0.4) is 0 Å². The highest BCUT2D eigenvalue weighted by molar-refractivity contribution is 7.90. The maximum Gasteiger partial charge on any atom is 0.333 e. The van der Waals surface area contributed by atoms with E-state index in [0.29, 0.717) is 18.1 Å². The van der Waals surface area contributed by atoms with Crippen LogP contribution in [0.2, 0.25) is 0 Å². The molecular weight excluding hydrogens is 406 g/mol. The number of hydrogen-bond donors (Lipinski definition) is 2. The number of aromatic nitrogens is 3. The molecule has 2 aliphatic rings. The molecule has 2 N–H and O–H groups in total. The molecule has 3 heterocycles. The van der Waals surface area contributed by atoms with E-state index in [1.165, 1.54) is 16.9 Å². The first-order chi connectivity index (χ1) is 14.5. The van der Waals surface area contributed by atoms with Gasteiger partial charge in [-0.15, -0.1) is 0 Å². The summed E-state index contributed by atoms with van der Waals surface area (Å²) in [5.41, 5.74) is 4.39. The van der Waals surface area contributed by atoms with Gasteiger partial charge in [0.25, 0.3) is 10.0 Å². The second-order valence-corrected chi connectivity index (χ2v) is 8.82. The average Bonchev–Trinajstić information content (AvgIpc) is 3.37. The Morgan fingerprint density at radius 1 is 1.13 bits per heavy atom. The topological polar surface area (TPSA) is 115 Å². The Bertz CT molecular complexity index is 1250. The maximum absolute atomic E-state index is 12.7. The zero-order chi connectivity index (χ0) is 20.7. The van der Waals surface area contributed by atoms with E-state index in [2.05, 4.69) is 26.2 Å². The molecule has 1 aromatic carbocycles. The van der Waals surface area contributed by atoms with E-state index >= 15 is 0 Å². The second-order valence-electron chi connectivity index (χ2n) is 7.19. The molecule has 3 aromatic rings. The van der Waals surface area contributed by atoms with Crippen LogP contribution in [0.25, 0.3) is 11.1 Å². The van der Waals surface area contributed by atoms with Gasteiger partial charge in [0.2, 0.25) is 5.88 Å². The summed E-state index contributed by atoms with van der Waals surface area (Å²) in [7, 11) is -4.11. The first kappa shape index (κ1) is 18.6. The molecule has 0 fully saturated rings. The molecule has 0 spiro atoms. The van der Waals surface area contributed by atoms with Gasteiger partial charge in [-0.05, 0) is 48.1 Å². The normalized spacial score (nSPS) is 17.4. The van der Waals surface area contributed by atoms with Crippen LogP contribution in [-0.4, -0.2) is 35.8 Å². The molecule has 2 aromatic heterocycles. The zero-order valence-electron chi connectivity index (χ0n) is 16.0. The fourth-order valence-corrected chi connectivity index (χ4v) is 4.73.